The number of ether oxygens (including phenoxy) is 1. The van der Waals surface area contributed by atoms with Gasteiger partial charge in [-0.3, -0.25) is 0 Å². The fraction of sp³-hybridized carbons (Fsp3) is 0.750. The first-order chi connectivity index (χ1) is 5.77. The molecule has 1 atom stereocenters. The van der Waals surface area contributed by atoms with Crippen LogP contribution in [0.1, 0.15) is 25.7 Å². The number of carbonyl (C=O) groups is 2. The lowest BCUT2D eigenvalue weighted by Gasteiger charge is -2.12. The molecule has 0 aromatic rings. The van der Waals surface area contributed by atoms with Gasteiger partial charge >= 0.3 is 12.1 Å². The Morgan fingerprint density at radius 2 is 1.92 bits per heavy atom. The van der Waals surface area contributed by atoms with E-state index in [-0.39, 0.29) is 6.04 Å². The molecule has 0 aromatic heterocycles. The van der Waals surface area contributed by atoms with E-state index in [0.717, 1.165) is 25.7 Å². The Labute approximate surface area is 70.3 Å². The van der Waals surface area contributed by atoms with Crippen molar-refractivity contribution >= 4 is 12.1 Å². The molecule has 1 unspecified atom stereocenters. The highest BCUT2D eigenvalue weighted by molar-refractivity contribution is 5.95. The van der Waals surface area contributed by atoms with Crippen molar-refractivity contribution in [1.82, 2.24) is 5.32 Å². The van der Waals surface area contributed by atoms with Crippen LogP contribution in [0.5, 0.6) is 0 Å². The van der Waals surface area contributed by atoms with Crippen LogP contribution in [0.25, 0.3) is 0 Å². The number of rotatable bonds is 1. The van der Waals surface area contributed by atoms with E-state index < -0.39 is 12.1 Å². The molecule has 1 saturated heterocycles. The molecule has 0 aromatic carbocycles. The van der Waals surface area contributed by atoms with Crippen LogP contribution in [-0.4, -0.2) is 18.1 Å². The van der Waals surface area contributed by atoms with E-state index in [1.807, 2.05) is 0 Å². The first-order valence-corrected chi connectivity index (χ1v) is 4.29. The topological polar surface area (TPSA) is 55.4 Å². The highest BCUT2D eigenvalue weighted by atomic mass is 16.6. The van der Waals surface area contributed by atoms with Crippen LogP contribution >= 0.6 is 0 Å². The minimum absolute atomic E-state index is 0.309. The number of hydrogen-bond acceptors (Lipinski definition) is 3. The molecule has 0 radical (unpaired) electrons. The summed E-state index contributed by atoms with van der Waals surface area (Å²) in [5.74, 6) is -0.0872. The number of alkyl carbamates (subject to hydrolysis) is 1. The predicted molar refractivity (Wildman–Crippen MR) is 40.4 cm³/mol. The summed E-state index contributed by atoms with van der Waals surface area (Å²) in [5.41, 5.74) is 0. The molecule has 1 amide bonds. The number of esters is 1. The number of amides is 1. The lowest BCUT2D eigenvalue weighted by Crippen LogP contribution is -2.35. The van der Waals surface area contributed by atoms with Gasteiger partial charge in [-0.1, -0.05) is 12.8 Å². The number of carbonyl (C=O) groups excluding carboxylic acids is 2. The fourth-order valence-corrected chi connectivity index (χ4v) is 1.97. The van der Waals surface area contributed by atoms with Crippen molar-refractivity contribution in [2.24, 2.45) is 5.92 Å². The van der Waals surface area contributed by atoms with Gasteiger partial charge in [0.2, 0.25) is 0 Å². The average Bonchev–Trinajstić information content (AvgIpc) is 2.58. The zero-order valence-corrected chi connectivity index (χ0v) is 6.71. The normalized spacial score (nSPS) is 30.5. The van der Waals surface area contributed by atoms with Crippen molar-refractivity contribution in [3.63, 3.8) is 0 Å². The Kier molecular flexibility index (Phi) is 1.75. The Bertz CT molecular complexity index is 220. The van der Waals surface area contributed by atoms with Gasteiger partial charge in [0.15, 0.2) is 0 Å². The molecule has 1 N–H and O–H groups in total. The zero-order chi connectivity index (χ0) is 8.55. The van der Waals surface area contributed by atoms with Crippen molar-refractivity contribution in [2.45, 2.75) is 31.7 Å². The van der Waals surface area contributed by atoms with E-state index in [1.165, 1.54) is 0 Å². The Morgan fingerprint density at radius 1 is 1.25 bits per heavy atom. The van der Waals surface area contributed by atoms with Gasteiger partial charge in [-0.05, 0) is 18.8 Å². The summed E-state index contributed by atoms with van der Waals surface area (Å²) in [6, 6.07) is -0.361. The minimum Gasteiger partial charge on any atom is -0.375 e. The zero-order valence-electron chi connectivity index (χ0n) is 6.71. The molecule has 12 heavy (non-hydrogen) atoms. The van der Waals surface area contributed by atoms with E-state index in [9.17, 15) is 9.59 Å². The summed E-state index contributed by atoms with van der Waals surface area (Å²) >= 11 is 0. The monoisotopic (exact) mass is 169 g/mol. The molecule has 66 valence electrons. The van der Waals surface area contributed by atoms with Crippen LogP contribution in [-0.2, 0) is 9.53 Å². The number of nitrogens with one attached hydrogen (secondary N) is 1. The molecule has 2 aliphatic rings. The maximum atomic E-state index is 11.1. The largest absolute Gasteiger partial charge is 0.415 e. The molecule has 0 spiro atoms. The van der Waals surface area contributed by atoms with Crippen LogP contribution in [0, 0.1) is 5.92 Å². The molecule has 0 bridgehead atoms. The molecule has 1 aliphatic carbocycles. The van der Waals surface area contributed by atoms with Crippen molar-refractivity contribution in [1.29, 1.82) is 0 Å². The van der Waals surface area contributed by atoms with E-state index in [1.54, 1.807) is 0 Å². The molecule has 2 rings (SSSR count). The van der Waals surface area contributed by atoms with Crippen LogP contribution in [0.4, 0.5) is 4.79 Å². The average molecular weight is 169 g/mol. The third-order valence-corrected chi connectivity index (χ3v) is 2.59. The van der Waals surface area contributed by atoms with Crippen molar-refractivity contribution < 1.29 is 14.3 Å². The van der Waals surface area contributed by atoms with Crippen LogP contribution in [0.15, 0.2) is 0 Å². The third-order valence-electron chi connectivity index (χ3n) is 2.59. The maximum absolute atomic E-state index is 11.1. The molecule has 4 heteroatoms. The second-order valence-electron chi connectivity index (χ2n) is 3.38. The Morgan fingerprint density at radius 3 is 2.42 bits per heavy atom. The highest BCUT2D eigenvalue weighted by Crippen LogP contribution is 2.29. The van der Waals surface area contributed by atoms with Crippen LogP contribution in [0.2, 0.25) is 0 Å². The van der Waals surface area contributed by atoms with Crippen LogP contribution < -0.4 is 5.32 Å². The summed E-state index contributed by atoms with van der Waals surface area (Å²) in [7, 11) is 0. The van der Waals surface area contributed by atoms with E-state index in [2.05, 4.69) is 10.1 Å². The lowest BCUT2D eigenvalue weighted by molar-refractivity contribution is -0.136. The smallest absolute Gasteiger partial charge is 0.375 e. The van der Waals surface area contributed by atoms with E-state index >= 15 is 0 Å². The van der Waals surface area contributed by atoms with E-state index in [4.69, 9.17) is 0 Å². The van der Waals surface area contributed by atoms with Gasteiger partial charge in [0.25, 0.3) is 0 Å². The number of cyclic esters (lactones) is 2. The molecule has 1 heterocycles. The first-order valence-electron chi connectivity index (χ1n) is 4.29. The van der Waals surface area contributed by atoms with E-state index in [0.29, 0.717) is 5.92 Å². The SMILES string of the molecule is O=C1NC(C2CCCC2)C(=O)O1. The Hall–Kier alpha value is -1.06. The maximum Gasteiger partial charge on any atom is 0.415 e. The molecule has 4 nitrogen and oxygen atoms in total. The van der Waals surface area contributed by atoms with Gasteiger partial charge in [-0.15, -0.1) is 0 Å². The molecular formula is C8H11NO3. The first kappa shape index (κ1) is 7.58. The second kappa shape index (κ2) is 2.77. The minimum atomic E-state index is -0.586. The van der Waals surface area contributed by atoms with Crippen molar-refractivity contribution in [3.8, 4) is 0 Å². The fourth-order valence-electron chi connectivity index (χ4n) is 1.97. The van der Waals surface area contributed by atoms with Crippen molar-refractivity contribution in [3.05, 3.63) is 0 Å². The quantitative estimate of drug-likeness (QED) is 0.467. The van der Waals surface area contributed by atoms with Gasteiger partial charge in [0.1, 0.15) is 6.04 Å². The summed E-state index contributed by atoms with van der Waals surface area (Å²) < 4.78 is 4.40. The van der Waals surface area contributed by atoms with Crippen molar-refractivity contribution in [2.75, 3.05) is 0 Å². The predicted octanol–water partition coefficient (Wildman–Crippen LogP) is 0.812. The highest BCUT2D eigenvalue weighted by Gasteiger charge is 2.39. The molecular weight excluding hydrogens is 158 g/mol. The number of hydrogen-bond donors (Lipinski definition) is 1. The Balaban J connectivity index is 2.03. The summed E-state index contributed by atoms with van der Waals surface area (Å²) in [6.45, 7) is 0. The summed E-state index contributed by atoms with van der Waals surface area (Å²) in [6.07, 6.45) is 3.78. The lowest BCUT2D eigenvalue weighted by atomic mass is 9.99. The van der Waals surface area contributed by atoms with Gasteiger partial charge in [-0.25, -0.2) is 9.59 Å². The van der Waals surface area contributed by atoms with Gasteiger partial charge < -0.3 is 10.1 Å². The van der Waals surface area contributed by atoms with Gasteiger partial charge in [-0.2, -0.15) is 0 Å². The second-order valence-corrected chi connectivity index (χ2v) is 3.38. The molecule has 2 fully saturated rings. The van der Waals surface area contributed by atoms with Gasteiger partial charge in [0.05, 0.1) is 0 Å². The summed E-state index contributed by atoms with van der Waals surface area (Å²) in [5, 5.41) is 2.53. The standard InChI is InChI=1S/C8H11NO3/c10-7-6(9-8(11)12-7)5-3-1-2-4-5/h5-6H,1-4H2,(H,9,11). The molecule has 1 aliphatic heterocycles. The molecule has 1 saturated carbocycles. The van der Waals surface area contributed by atoms with Crippen LogP contribution in [0.3, 0.4) is 0 Å². The van der Waals surface area contributed by atoms with Gasteiger partial charge in [0, 0.05) is 0 Å². The third kappa shape index (κ3) is 1.17. The summed E-state index contributed by atoms with van der Waals surface area (Å²) in [4.78, 5) is 21.7.